The molecule has 0 amide bonds. The summed E-state index contributed by atoms with van der Waals surface area (Å²) in [5, 5.41) is 0. The maximum atomic E-state index is 5.98. The SMILES string of the molecule is CC1(C)CCCCCCCC(c2cccc(OCc3ccccc3)n2)CCC1. The molecule has 152 valence electrons. The normalized spacial score (nSPS) is 21.3. The Bertz CT molecular complexity index is 695. The Morgan fingerprint density at radius 2 is 1.54 bits per heavy atom. The smallest absolute Gasteiger partial charge is 0.213 e. The summed E-state index contributed by atoms with van der Waals surface area (Å²) in [5.41, 5.74) is 2.89. The van der Waals surface area contributed by atoms with E-state index >= 15 is 0 Å². The van der Waals surface area contributed by atoms with Crippen LogP contribution in [0, 0.1) is 5.41 Å². The molecule has 1 aliphatic carbocycles. The van der Waals surface area contributed by atoms with Crippen LogP contribution in [-0.4, -0.2) is 4.98 Å². The largest absolute Gasteiger partial charge is 0.473 e. The highest BCUT2D eigenvalue weighted by molar-refractivity contribution is 5.20. The van der Waals surface area contributed by atoms with E-state index in [4.69, 9.17) is 9.72 Å². The number of rotatable bonds is 4. The van der Waals surface area contributed by atoms with E-state index in [1.807, 2.05) is 12.1 Å². The molecule has 0 saturated heterocycles. The Morgan fingerprint density at radius 1 is 0.821 bits per heavy atom. The van der Waals surface area contributed by atoms with Crippen molar-refractivity contribution < 1.29 is 4.74 Å². The molecule has 28 heavy (non-hydrogen) atoms. The van der Waals surface area contributed by atoms with Crippen LogP contribution < -0.4 is 4.74 Å². The molecule has 1 heterocycles. The summed E-state index contributed by atoms with van der Waals surface area (Å²) < 4.78 is 5.98. The van der Waals surface area contributed by atoms with Gasteiger partial charge in [-0.1, -0.05) is 88.8 Å². The van der Waals surface area contributed by atoms with Gasteiger partial charge in [0, 0.05) is 17.7 Å². The lowest BCUT2D eigenvalue weighted by atomic mass is 9.79. The van der Waals surface area contributed by atoms with Crippen LogP contribution in [0.4, 0.5) is 0 Å². The molecule has 1 fully saturated rings. The predicted octanol–water partition coefficient (Wildman–Crippen LogP) is 7.69. The highest BCUT2D eigenvalue weighted by Crippen LogP contribution is 2.35. The molecule has 2 nitrogen and oxygen atoms in total. The number of pyridine rings is 1. The number of hydrogen-bond donors (Lipinski definition) is 0. The highest BCUT2D eigenvalue weighted by atomic mass is 16.5. The third kappa shape index (κ3) is 6.96. The summed E-state index contributed by atoms with van der Waals surface area (Å²) >= 11 is 0. The van der Waals surface area contributed by atoms with E-state index in [1.54, 1.807) is 0 Å². The molecular formula is C26H37NO. The van der Waals surface area contributed by atoms with Crippen LogP contribution in [0.3, 0.4) is 0 Å². The molecule has 1 atom stereocenters. The van der Waals surface area contributed by atoms with Crippen LogP contribution in [0.1, 0.15) is 95.2 Å². The summed E-state index contributed by atoms with van der Waals surface area (Å²) in [6.45, 7) is 5.48. The molecule has 3 rings (SSSR count). The van der Waals surface area contributed by atoms with Gasteiger partial charge in [-0.3, -0.25) is 0 Å². The molecule has 0 aliphatic heterocycles. The third-order valence-corrected chi connectivity index (χ3v) is 6.21. The van der Waals surface area contributed by atoms with Crippen molar-refractivity contribution in [3.63, 3.8) is 0 Å². The second-order valence-electron chi connectivity index (χ2n) is 9.23. The van der Waals surface area contributed by atoms with Gasteiger partial charge in [0.1, 0.15) is 6.61 Å². The van der Waals surface area contributed by atoms with Gasteiger partial charge in [0.05, 0.1) is 0 Å². The summed E-state index contributed by atoms with van der Waals surface area (Å²) in [7, 11) is 0. The van der Waals surface area contributed by atoms with E-state index < -0.39 is 0 Å². The van der Waals surface area contributed by atoms with Crippen molar-refractivity contribution in [1.29, 1.82) is 0 Å². The average Bonchev–Trinajstić information content (AvgIpc) is 2.70. The quantitative estimate of drug-likeness (QED) is 0.543. The first-order valence-corrected chi connectivity index (χ1v) is 11.3. The molecule has 1 aromatic heterocycles. The fourth-order valence-corrected chi connectivity index (χ4v) is 4.39. The van der Waals surface area contributed by atoms with Crippen LogP contribution in [0.15, 0.2) is 48.5 Å². The standard InChI is InChI=1S/C26H37NO/c1-26(2)19-10-5-3-4-9-15-23(16-12-20-26)24-17-11-18-25(27-24)28-21-22-13-7-6-8-14-22/h6-8,11,13-14,17-18,23H,3-5,9-10,12,15-16,19-21H2,1-2H3. The minimum Gasteiger partial charge on any atom is -0.473 e. The van der Waals surface area contributed by atoms with Gasteiger partial charge in [0.25, 0.3) is 0 Å². The van der Waals surface area contributed by atoms with Gasteiger partial charge in [-0.05, 0) is 42.7 Å². The average molecular weight is 380 g/mol. The number of nitrogens with zero attached hydrogens (tertiary/aromatic N) is 1. The zero-order chi connectivity index (χ0) is 19.7. The lowest BCUT2D eigenvalue weighted by Gasteiger charge is -2.26. The Balaban J connectivity index is 1.63. The highest BCUT2D eigenvalue weighted by Gasteiger charge is 2.20. The molecule has 0 radical (unpaired) electrons. The monoisotopic (exact) mass is 379 g/mol. The van der Waals surface area contributed by atoms with Crippen LogP contribution >= 0.6 is 0 Å². The zero-order valence-electron chi connectivity index (χ0n) is 17.8. The van der Waals surface area contributed by atoms with Gasteiger partial charge in [-0.15, -0.1) is 0 Å². The van der Waals surface area contributed by atoms with Crippen molar-refractivity contribution >= 4 is 0 Å². The van der Waals surface area contributed by atoms with E-state index in [9.17, 15) is 0 Å². The first-order chi connectivity index (χ1) is 13.6. The van der Waals surface area contributed by atoms with Gasteiger partial charge in [-0.2, -0.15) is 0 Å². The molecule has 1 aromatic carbocycles. The predicted molar refractivity (Wildman–Crippen MR) is 118 cm³/mol. The molecule has 0 spiro atoms. The van der Waals surface area contributed by atoms with Crippen molar-refractivity contribution in [3.05, 3.63) is 59.8 Å². The first-order valence-electron chi connectivity index (χ1n) is 11.3. The molecule has 1 saturated carbocycles. The second-order valence-corrected chi connectivity index (χ2v) is 9.23. The molecule has 1 aliphatic rings. The fourth-order valence-electron chi connectivity index (χ4n) is 4.39. The number of ether oxygens (including phenoxy) is 1. The van der Waals surface area contributed by atoms with E-state index in [-0.39, 0.29) is 0 Å². The lowest BCUT2D eigenvalue weighted by molar-refractivity contribution is 0.273. The third-order valence-electron chi connectivity index (χ3n) is 6.21. The molecule has 2 heteroatoms. The van der Waals surface area contributed by atoms with Crippen molar-refractivity contribution in [3.8, 4) is 5.88 Å². The Hall–Kier alpha value is -1.83. The first kappa shape index (κ1) is 20.9. The van der Waals surface area contributed by atoms with Crippen LogP contribution in [-0.2, 0) is 6.61 Å². The van der Waals surface area contributed by atoms with Crippen LogP contribution in [0.5, 0.6) is 5.88 Å². The maximum Gasteiger partial charge on any atom is 0.213 e. The van der Waals surface area contributed by atoms with Crippen LogP contribution in [0.25, 0.3) is 0 Å². The minimum atomic E-state index is 0.484. The van der Waals surface area contributed by atoms with Crippen molar-refractivity contribution in [2.24, 2.45) is 5.41 Å². The number of aromatic nitrogens is 1. The summed E-state index contributed by atoms with van der Waals surface area (Å²) in [5.74, 6) is 1.32. The number of hydrogen-bond acceptors (Lipinski definition) is 2. The van der Waals surface area contributed by atoms with Gasteiger partial charge < -0.3 is 4.74 Å². The van der Waals surface area contributed by atoms with E-state index in [2.05, 4.69) is 50.2 Å². The lowest BCUT2D eigenvalue weighted by Crippen LogP contribution is -2.13. The van der Waals surface area contributed by atoms with Gasteiger partial charge in [-0.25, -0.2) is 4.98 Å². The topological polar surface area (TPSA) is 22.1 Å². The van der Waals surface area contributed by atoms with Crippen molar-refractivity contribution in [1.82, 2.24) is 4.98 Å². The molecular weight excluding hydrogens is 342 g/mol. The molecule has 2 aromatic rings. The summed E-state index contributed by atoms with van der Waals surface area (Å²) in [4.78, 5) is 4.89. The number of benzene rings is 1. The van der Waals surface area contributed by atoms with Gasteiger partial charge in [0.15, 0.2) is 0 Å². The van der Waals surface area contributed by atoms with Gasteiger partial charge in [0.2, 0.25) is 5.88 Å². The van der Waals surface area contributed by atoms with E-state index in [1.165, 1.54) is 75.5 Å². The Morgan fingerprint density at radius 3 is 2.39 bits per heavy atom. The van der Waals surface area contributed by atoms with E-state index in [0.717, 1.165) is 5.88 Å². The summed E-state index contributed by atoms with van der Waals surface area (Å²) in [6.07, 6.45) is 13.4. The zero-order valence-corrected chi connectivity index (χ0v) is 17.8. The van der Waals surface area contributed by atoms with Crippen molar-refractivity contribution in [2.75, 3.05) is 0 Å². The van der Waals surface area contributed by atoms with Gasteiger partial charge >= 0.3 is 0 Å². The summed E-state index contributed by atoms with van der Waals surface area (Å²) in [6, 6.07) is 16.6. The molecule has 1 unspecified atom stereocenters. The van der Waals surface area contributed by atoms with Crippen LogP contribution in [0.2, 0.25) is 0 Å². The maximum absolute atomic E-state index is 5.98. The minimum absolute atomic E-state index is 0.484. The Kier molecular flexibility index (Phi) is 7.94. The molecule has 0 bridgehead atoms. The van der Waals surface area contributed by atoms with E-state index in [0.29, 0.717) is 17.9 Å². The Labute approximate surface area is 171 Å². The molecule has 0 N–H and O–H groups in total. The fraction of sp³-hybridized carbons (Fsp3) is 0.577. The van der Waals surface area contributed by atoms with Crippen molar-refractivity contribution in [2.45, 2.75) is 90.6 Å². The second kappa shape index (κ2) is 10.6.